The van der Waals surface area contributed by atoms with Crippen molar-refractivity contribution in [1.82, 2.24) is 9.88 Å². The number of nitrogens with zero attached hydrogens (tertiary/aromatic N) is 2. The van der Waals surface area contributed by atoms with Crippen LogP contribution < -0.4 is 5.73 Å². The zero-order chi connectivity index (χ0) is 10.8. The fourth-order valence-electron chi connectivity index (χ4n) is 2.29. The first-order valence-electron chi connectivity index (χ1n) is 5.59. The van der Waals surface area contributed by atoms with Gasteiger partial charge in [0.25, 0.3) is 0 Å². The van der Waals surface area contributed by atoms with E-state index in [0.717, 1.165) is 12.5 Å². The van der Waals surface area contributed by atoms with Gasteiger partial charge in [-0.15, -0.1) is 11.3 Å². The van der Waals surface area contributed by atoms with E-state index in [4.69, 9.17) is 5.73 Å². The molecule has 0 amide bonds. The zero-order valence-electron chi connectivity index (χ0n) is 9.44. The Balaban J connectivity index is 1.94. The number of anilines is 1. The van der Waals surface area contributed by atoms with E-state index in [0.29, 0.717) is 11.2 Å². The summed E-state index contributed by atoms with van der Waals surface area (Å²) in [7, 11) is 0. The molecule has 2 N–H and O–H groups in total. The molecule has 84 valence electrons. The molecule has 0 saturated carbocycles. The Morgan fingerprint density at radius 3 is 3.00 bits per heavy atom. The molecule has 1 aromatic rings. The summed E-state index contributed by atoms with van der Waals surface area (Å²) in [4.78, 5) is 7.91. The Hall–Kier alpha value is -0.610. The molecule has 15 heavy (non-hydrogen) atoms. The zero-order valence-corrected chi connectivity index (χ0v) is 10.3. The molecule has 3 nitrogen and oxygen atoms in total. The van der Waals surface area contributed by atoms with Gasteiger partial charge in [-0.05, 0) is 32.2 Å². The second-order valence-electron chi connectivity index (χ2n) is 4.61. The second-order valence-corrected chi connectivity index (χ2v) is 5.76. The van der Waals surface area contributed by atoms with E-state index in [2.05, 4.69) is 23.7 Å². The molecular formula is C11H19N3S. The van der Waals surface area contributed by atoms with Crippen LogP contribution in [0.1, 0.15) is 31.6 Å². The monoisotopic (exact) mass is 225 g/mol. The minimum Gasteiger partial charge on any atom is -0.375 e. The second kappa shape index (κ2) is 4.49. The highest BCUT2D eigenvalue weighted by Gasteiger charge is 2.23. The lowest BCUT2D eigenvalue weighted by Gasteiger charge is -2.36. The van der Waals surface area contributed by atoms with Gasteiger partial charge >= 0.3 is 0 Å². The molecule has 2 atom stereocenters. The molecule has 0 aromatic carbocycles. The molecule has 1 fully saturated rings. The van der Waals surface area contributed by atoms with Gasteiger partial charge in [-0.3, -0.25) is 4.90 Å². The van der Waals surface area contributed by atoms with Gasteiger partial charge in [-0.25, -0.2) is 4.98 Å². The molecule has 4 heteroatoms. The van der Waals surface area contributed by atoms with Crippen molar-refractivity contribution in [3.05, 3.63) is 11.1 Å². The predicted molar refractivity (Wildman–Crippen MR) is 64.8 cm³/mol. The Labute approximate surface area is 95.3 Å². The van der Waals surface area contributed by atoms with Crippen molar-refractivity contribution in [1.29, 1.82) is 0 Å². The van der Waals surface area contributed by atoms with Crippen LogP contribution in [0.4, 0.5) is 5.13 Å². The molecule has 1 aliphatic rings. The highest BCUT2D eigenvalue weighted by molar-refractivity contribution is 7.15. The van der Waals surface area contributed by atoms with E-state index in [-0.39, 0.29) is 0 Å². The summed E-state index contributed by atoms with van der Waals surface area (Å²) in [6, 6.07) is 0.692. The number of hydrogen-bond donors (Lipinski definition) is 1. The van der Waals surface area contributed by atoms with Crippen LogP contribution in [0.2, 0.25) is 0 Å². The third-order valence-corrected chi connectivity index (χ3v) is 4.02. The minimum absolute atomic E-state index is 0.683. The smallest absolute Gasteiger partial charge is 0.180 e. The predicted octanol–water partition coefficient (Wildman–Crippen LogP) is 2.35. The van der Waals surface area contributed by atoms with Crippen molar-refractivity contribution in [2.24, 2.45) is 5.92 Å². The molecule has 0 aliphatic carbocycles. The summed E-state index contributed by atoms with van der Waals surface area (Å²) in [5, 5.41) is 0.683. The number of nitrogen functional groups attached to an aromatic ring is 1. The highest BCUT2D eigenvalue weighted by Crippen LogP contribution is 2.25. The number of nitrogens with two attached hydrogens (primary N) is 1. The average Bonchev–Trinajstić information content (AvgIpc) is 2.56. The van der Waals surface area contributed by atoms with Gasteiger partial charge in [0, 0.05) is 23.7 Å². The Morgan fingerprint density at radius 2 is 2.40 bits per heavy atom. The molecule has 2 unspecified atom stereocenters. The SMILES string of the molecule is CC1CCN(Cc2cnc(N)s2)C(C)C1. The Bertz CT molecular complexity index is 323. The van der Waals surface area contributed by atoms with Crippen LogP contribution in [0.3, 0.4) is 0 Å². The maximum Gasteiger partial charge on any atom is 0.180 e. The van der Waals surface area contributed by atoms with Gasteiger partial charge in [0.15, 0.2) is 5.13 Å². The van der Waals surface area contributed by atoms with Crippen LogP contribution in [0.5, 0.6) is 0 Å². The largest absolute Gasteiger partial charge is 0.375 e. The number of likely N-dealkylation sites (tertiary alicyclic amines) is 1. The van der Waals surface area contributed by atoms with E-state index in [9.17, 15) is 0 Å². The first-order valence-corrected chi connectivity index (χ1v) is 6.41. The lowest BCUT2D eigenvalue weighted by atomic mass is 9.93. The lowest BCUT2D eigenvalue weighted by molar-refractivity contribution is 0.123. The fourth-order valence-corrected chi connectivity index (χ4v) is 3.00. The Kier molecular flexibility index (Phi) is 3.26. The van der Waals surface area contributed by atoms with Crippen molar-refractivity contribution in [3.63, 3.8) is 0 Å². The van der Waals surface area contributed by atoms with Crippen molar-refractivity contribution >= 4 is 16.5 Å². The first-order chi connectivity index (χ1) is 7.15. The lowest BCUT2D eigenvalue weighted by Crippen LogP contribution is -2.39. The fraction of sp³-hybridized carbons (Fsp3) is 0.727. The third-order valence-electron chi connectivity index (χ3n) is 3.21. The van der Waals surface area contributed by atoms with Gasteiger partial charge in [0.2, 0.25) is 0 Å². The standard InChI is InChI=1S/C11H19N3S/c1-8-3-4-14(9(2)5-8)7-10-6-13-11(12)15-10/h6,8-9H,3-5,7H2,1-2H3,(H2,12,13). The van der Waals surface area contributed by atoms with E-state index in [1.165, 1.54) is 24.3 Å². The third kappa shape index (κ3) is 2.69. The normalized spacial score (nSPS) is 28.1. The summed E-state index contributed by atoms with van der Waals surface area (Å²) in [6.07, 6.45) is 4.54. The van der Waals surface area contributed by atoms with Crippen LogP contribution in [-0.4, -0.2) is 22.5 Å². The Morgan fingerprint density at radius 1 is 1.60 bits per heavy atom. The van der Waals surface area contributed by atoms with Crippen LogP contribution in [0.25, 0.3) is 0 Å². The van der Waals surface area contributed by atoms with E-state index in [1.807, 2.05) is 6.20 Å². The molecule has 2 rings (SSSR count). The topological polar surface area (TPSA) is 42.2 Å². The summed E-state index contributed by atoms with van der Waals surface area (Å²) < 4.78 is 0. The quantitative estimate of drug-likeness (QED) is 0.840. The molecule has 1 saturated heterocycles. The van der Waals surface area contributed by atoms with Crippen LogP contribution in [0, 0.1) is 5.92 Å². The van der Waals surface area contributed by atoms with Gasteiger partial charge in [-0.2, -0.15) is 0 Å². The summed E-state index contributed by atoms with van der Waals surface area (Å²) in [5.74, 6) is 0.878. The van der Waals surface area contributed by atoms with Crippen molar-refractivity contribution in [2.45, 2.75) is 39.3 Å². The number of thiazole rings is 1. The number of piperidine rings is 1. The average molecular weight is 225 g/mol. The van der Waals surface area contributed by atoms with Gasteiger partial charge < -0.3 is 5.73 Å². The molecule has 0 spiro atoms. The van der Waals surface area contributed by atoms with Gasteiger partial charge in [0.1, 0.15) is 0 Å². The number of hydrogen-bond acceptors (Lipinski definition) is 4. The van der Waals surface area contributed by atoms with Gasteiger partial charge in [-0.1, -0.05) is 6.92 Å². The van der Waals surface area contributed by atoms with Crippen molar-refractivity contribution in [3.8, 4) is 0 Å². The van der Waals surface area contributed by atoms with E-state index < -0.39 is 0 Å². The summed E-state index contributed by atoms with van der Waals surface area (Å²) in [6.45, 7) is 6.89. The highest BCUT2D eigenvalue weighted by atomic mass is 32.1. The molecule has 0 bridgehead atoms. The van der Waals surface area contributed by atoms with Crippen LogP contribution >= 0.6 is 11.3 Å². The first kappa shape index (κ1) is 10.9. The molecule has 1 aliphatic heterocycles. The molecule has 0 radical (unpaired) electrons. The van der Waals surface area contributed by atoms with Crippen LogP contribution in [0.15, 0.2) is 6.20 Å². The summed E-state index contributed by atoms with van der Waals surface area (Å²) >= 11 is 1.61. The molecule has 2 heterocycles. The van der Waals surface area contributed by atoms with E-state index in [1.54, 1.807) is 11.3 Å². The summed E-state index contributed by atoms with van der Waals surface area (Å²) in [5.41, 5.74) is 5.63. The maximum atomic E-state index is 5.63. The van der Waals surface area contributed by atoms with E-state index >= 15 is 0 Å². The molecular weight excluding hydrogens is 206 g/mol. The maximum absolute atomic E-state index is 5.63. The van der Waals surface area contributed by atoms with Crippen LogP contribution in [-0.2, 0) is 6.54 Å². The van der Waals surface area contributed by atoms with Crippen molar-refractivity contribution < 1.29 is 0 Å². The van der Waals surface area contributed by atoms with Crippen molar-refractivity contribution in [2.75, 3.05) is 12.3 Å². The minimum atomic E-state index is 0.683. The number of aromatic nitrogens is 1. The van der Waals surface area contributed by atoms with Gasteiger partial charge in [0.05, 0.1) is 0 Å². The number of rotatable bonds is 2. The molecule has 1 aromatic heterocycles.